The van der Waals surface area contributed by atoms with Crippen molar-refractivity contribution in [3.63, 3.8) is 0 Å². The van der Waals surface area contributed by atoms with Gasteiger partial charge in [0, 0.05) is 5.69 Å². The van der Waals surface area contributed by atoms with Crippen LogP contribution in [0.25, 0.3) is 0 Å². The lowest BCUT2D eigenvalue weighted by Crippen LogP contribution is -2.38. The maximum Gasteiger partial charge on any atom is 0.264 e. The Morgan fingerprint density at radius 2 is 1.64 bits per heavy atom. The molecule has 3 aromatic rings. The van der Waals surface area contributed by atoms with E-state index < -0.39 is 15.9 Å². The number of amides is 1. The molecule has 0 saturated carbocycles. The standard InChI is InChI=1S/C26H28N2O4S/c1-5-16-32-24-12-9-22(10-13-24)27-26(29)18-28(23-11-8-20(3)21(4)17-23)33(30,31)25-14-6-19(2)7-15-25/h5-15,17H,1,16,18H2,2-4H3,(H,27,29). The van der Waals surface area contributed by atoms with Gasteiger partial charge in [-0.3, -0.25) is 9.10 Å². The van der Waals surface area contributed by atoms with Crippen LogP contribution >= 0.6 is 0 Å². The highest BCUT2D eigenvalue weighted by Crippen LogP contribution is 2.26. The number of ether oxygens (including phenoxy) is 1. The summed E-state index contributed by atoms with van der Waals surface area (Å²) >= 11 is 0. The molecule has 0 fully saturated rings. The molecule has 0 aromatic heterocycles. The molecule has 1 amide bonds. The van der Waals surface area contributed by atoms with Crippen LogP contribution in [-0.4, -0.2) is 27.5 Å². The van der Waals surface area contributed by atoms with Gasteiger partial charge in [-0.05, 0) is 80.4 Å². The predicted octanol–water partition coefficient (Wildman–Crippen LogP) is 5.01. The molecule has 6 nitrogen and oxygen atoms in total. The van der Waals surface area contributed by atoms with Crippen molar-refractivity contribution in [2.75, 3.05) is 22.8 Å². The fourth-order valence-corrected chi connectivity index (χ4v) is 4.57. The Morgan fingerprint density at radius 1 is 0.970 bits per heavy atom. The van der Waals surface area contributed by atoms with E-state index in [9.17, 15) is 13.2 Å². The van der Waals surface area contributed by atoms with Gasteiger partial charge in [-0.1, -0.05) is 36.4 Å². The molecule has 0 radical (unpaired) electrons. The molecular weight excluding hydrogens is 436 g/mol. The Kier molecular flexibility index (Phi) is 7.55. The first kappa shape index (κ1) is 24.1. The number of carbonyl (C=O) groups excluding carboxylic acids is 1. The lowest BCUT2D eigenvalue weighted by atomic mass is 10.1. The first-order valence-electron chi connectivity index (χ1n) is 10.5. The molecule has 0 heterocycles. The number of anilines is 2. The summed E-state index contributed by atoms with van der Waals surface area (Å²) in [4.78, 5) is 13.0. The van der Waals surface area contributed by atoms with Crippen molar-refractivity contribution in [3.8, 4) is 5.75 Å². The third-order valence-electron chi connectivity index (χ3n) is 5.18. The normalized spacial score (nSPS) is 11.0. The molecule has 33 heavy (non-hydrogen) atoms. The van der Waals surface area contributed by atoms with Crippen molar-refractivity contribution in [2.24, 2.45) is 0 Å². The molecule has 0 bridgehead atoms. The number of hydrogen-bond acceptors (Lipinski definition) is 4. The van der Waals surface area contributed by atoms with Crippen LogP contribution in [0.2, 0.25) is 0 Å². The molecule has 0 aliphatic heterocycles. The van der Waals surface area contributed by atoms with E-state index in [1.54, 1.807) is 66.7 Å². The summed E-state index contributed by atoms with van der Waals surface area (Å²) in [5, 5.41) is 2.76. The van der Waals surface area contributed by atoms with Crippen molar-refractivity contribution in [3.05, 3.63) is 96.1 Å². The second-order valence-electron chi connectivity index (χ2n) is 7.77. The minimum Gasteiger partial charge on any atom is -0.490 e. The third-order valence-corrected chi connectivity index (χ3v) is 6.97. The molecule has 0 saturated heterocycles. The van der Waals surface area contributed by atoms with Gasteiger partial charge in [0.1, 0.15) is 18.9 Å². The Hall–Kier alpha value is -3.58. The minimum atomic E-state index is -3.96. The molecule has 0 atom stereocenters. The molecule has 1 N–H and O–H groups in total. The number of benzene rings is 3. The molecular formula is C26H28N2O4S. The highest BCUT2D eigenvalue weighted by Gasteiger charge is 2.27. The SMILES string of the molecule is C=CCOc1ccc(NC(=O)CN(c2ccc(C)c(C)c2)S(=O)(=O)c2ccc(C)cc2)cc1. The number of rotatable bonds is 9. The minimum absolute atomic E-state index is 0.128. The van der Waals surface area contributed by atoms with Crippen LogP contribution in [0.1, 0.15) is 16.7 Å². The number of sulfonamides is 1. The zero-order chi connectivity index (χ0) is 24.0. The van der Waals surface area contributed by atoms with E-state index in [4.69, 9.17) is 4.74 Å². The second kappa shape index (κ2) is 10.4. The monoisotopic (exact) mass is 464 g/mol. The van der Waals surface area contributed by atoms with Crippen molar-refractivity contribution in [2.45, 2.75) is 25.7 Å². The summed E-state index contributed by atoms with van der Waals surface area (Å²) in [5.41, 5.74) is 3.90. The van der Waals surface area contributed by atoms with Crippen molar-refractivity contribution < 1.29 is 17.9 Å². The van der Waals surface area contributed by atoms with Gasteiger partial charge in [0.25, 0.3) is 10.0 Å². The molecule has 0 aliphatic rings. The smallest absolute Gasteiger partial charge is 0.264 e. The molecule has 172 valence electrons. The number of nitrogens with one attached hydrogen (secondary N) is 1. The average molecular weight is 465 g/mol. The van der Waals surface area contributed by atoms with E-state index in [0.717, 1.165) is 21.0 Å². The zero-order valence-electron chi connectivity index (χ0n) is 19.0. The summed E-state index contributed by atoms with van der Waals surface area (Å²) in [6.45, 7) is 9.37. The van der Waals surface area contributed by atoms with Gasteiger partial charge in [0.05, 0.1) is 10.6 Å². The maximum atomic E-state index is 13.5. The molecule has 0 spiro atoms. The van der Waals surface area contributed by atoms with Crippen LogP contribution in [0.15, 0.2) is 84.3 Å². The first-order chi connectivity index (χ1) is 15.7. The lowest BCUT2D eigenvalue weighted by molar-refractivity contribution is -0.114. The van der Waals surface area contributed by atoms with Crippen molar-refractivity contribution >= 4 is 27.3 Å². The number of carbonyl (C=O) groups is 1. The highest BCUT2D eigenvalue weighted by molar-refractivity contribution is 7.92. The molecule has 0 aliphatic carbocycles. The summed E-state index contributed by atoms with van der Waals surface area (Å²) in [7, 11) is -3.96. The fraction of sp³-hybridized carbons (Fsp3) is 0.192. The maximum absolute atomic E-state index is 13.5. The predicted molar refractivity (Wildman–Crippen MR) is 132 cm³/mol. The van der Waals surface area contributed by atoms with E-state index in [1.807, 2.05) is 26.8 Å². The van der Waals surface area contributed by atoms with Crippen LogP contribution in [0.5, 0.6) is 5.75 Å². The van der Waals surface area contributed by atoms with Gasteiger partial charge in [-0.2, -0.15) is 0 Å². The van der Waals surface area contributed by atoms with Gasteiger partial charge < -0.3 is 10.1 Å². The summed E-state index contributed by atoms with van der Waals surface area (Å²) in [6.07, 6.45) is 1.64. The lowest BCUT2D eigenvalue weighted by Gasteiger charge is -2.25. The molecule has 3 rings (SSSR count). The van der Waals surface area contributed by atoms with E-state index >= 15 is 0 Å². The summed E-state index contributed by atoms with van der Waals surface area (Å²) in [6, 6.07) is 18.8. The van der Waals surface area contributed by atoms with E-state index in [1.165, 1.54) is 0 Å². The fourth-order valence-electron chi connectivity index (χ4n) is 3.15. The first-order valence-corrected chi connectivity index (χ1v) is 11.9. The van der Waals surface area contributed by atoms with E-state index in [-0.39, 0.29) is 11.4 Å². The van der Waals surface area contributed by atoms with Crippen LogP contribution in [-0.2, 0) is 14.8 Å². The van der Waals surface area contributed by atoms with Gasteiger partial charge in [0.15, 0.2) is 0 Å². The Morgan fingerprint density at radius 3 is 2.24 bits per heavy atom. The largest absolute Gasteiger partial charge is 0.490 e. The average Bonchev–Trinajstić information content (AvgIpc) is 2.79. The third kappa shape index (κ3) is 6.02. The molecule has 3 aromatic carbocycles. The number of aryl methyl sites for hydroxylation is 3. The molecule has 7 heteroatoms. The summed E-state index contributed by atoms with van der Waals surface area (Å²) < 4.78 is 33.6. The van der Waals surface area contributed by atoms with Crippen molar-refractivity contribution in [1.29, 1.82) is 0 Å². The quantitative estimate of drug-likeness (QED) is 0.452. The Bertz CT molecular complexity index is 1230. The number of hydrogen-bond donors (Lipinski definition) is 1. The van der Waals surface area contributed by atoms with Gasteiger partial charge in [-0.25, -0.2) is 8.42 Å². The Balaban J connectivity index is 1.87. The Labute approximate surface area is 195 Å². The second-order valence-corrected chi connectivity index (χ2v) is 9.63. The van der Waals surface area contributed by atoms with E-state index in [0.29, 0.717) is 23.7 Å². The number of nitrogens with zero attached hydrogens (tertiary/aromatic N) is 1. The van der Waals surface area contributed by atoms with Crippen molar-refractivity contribution in [1.82, 2.24) is 0 Å². The van der Waals surface area contributed by atoms with E-state index in [2.05, 4.69) is 11.9 Å². The zero-order valence-corrected chi connectivity index (χ0v) is 19.9. The van der Waals surface area contributed by atoms with Gasteiger partial charge >= 0.3 is 0 Å². The van der Waals surface area contributed by atoms with Crippen LogP contribution in [0.3, 0.4) is 0 Å². The highest BCUT2D eigenvalue weighted by atomic mass is 32.2. The van der Waals surface area contributed by atoms with Crippen LogP contribution in [0.4, 0.5) is 11.4 Å². The van der Waals surface area contributed by atoms with Gasteiger partial charge in [-0.15, -0.1) is 0 Å². The van der Waals surface area contributed by atoms with Gasteiger partial charge in [0.2, 0.25) is 5.91 Å². The van der Waals surface area contributed by atoms with Crippen LogP contribution in [0, 0.1) is 20.8 Å². The van der Waals surface area contributed by atoms with Crippen LogP contribution < -0.4 is 14.4 Å². The topological polar surface area (TPSA) is 75.7 Å². The molecule has 0 unspecified atom stereocenters. The summed E-state index contributed by atoms with van der Waals surface area (Å²) in [5.74, 6) is 0.190.